The Hall–Kier alpha value is -2.58. The number of carbonyl (C=O) groups is 1. The molecule has 1 amide bonds. The molecular weight excluding hydrogens is 411 g/mol. The van der Waals surface area contributed by atoms with Gasteiger partial charge in [-0.3, -0.25) is 9.10 Å². The van der Waals surface area contributed by atoms with Gasteiger partial charge in [0, 0.05) is 16.8 Å². The molecule has 3 aromatic carbocycles. The SMILES string of the molecule is O=C(CN1c2cccc3cccc(c23)S1(=O)=O)NCCCSc1ccc(F)cc1. The maximum atomic E-state index is 12.9. The van der Waals surface area contributed by atoms with Crippen molar-refractivity contribution in [2.45, 2.75) is 16.2 Å². The minimum absolute atomic E-state index is 0.245. The van der Waals surface area contributed by atoms with Gasteiger partial charge in [-0.25, -0.2) is 12.8 Å². The highest BCUT2D eigenvalue weighted by Crippen LogP contribution is 2.41. The molecule has 150 valence electrons. The fourth-order valence-corrected chi connectivity index (χ4v) is 5.86. The van der Waals surface area contributed by atoms with Crippen LogP contribution in [-0.2, 0) is 14.8 Å². The van der Waals surface area contributed by atoms with Gasteiger partial charge in [0.15, 0.2) is 0 Å². The number of anilines is 1. The lowest BCUT2D eigenvalue weighted by Crippen LogP contribution is -2.39. The van der Waals surface area contributed by atoms with Gasteiger partial charge in [-0.1, -0.05) is 24.3 Å². The van der Waals surface area contributed by atoms with Crippen LogP contribution < -0.4 is 9.62 Å². The molecule has 1 aliphatic rings. The highest BCUT2D eigenvalue weighted by molar-refractivity contribution is 7.99. The third kappa shape index (κ3) is 3.95. The van der Waals surface area contributed by atoms with E-state index in [9.17, 15) is 17.6 Å². The fourth-order valence-electron chi connectivity index (χ4n) is 3.34. The van der Waals surface area contributed by atoms with Gasteiger partial charge in [-0.2, -0.15) is 0 Å². The molecule has 5 nitrogen and oxygen atoms in total. The van der Waals surface area contributed by atoms with Crippen molar-refractivity contribution in [1.82, 2.24) is 5.32 Å². The van der Waals surface area contributed by atoms with Gasteiger partial charge < -0.3 is 5.32 Å². The van der Waals surface area contributed by atoms with Crippen LogP contribution in [0, 0.1) is 5.82 Å². The van der Waals surface area contributed by atoms with Gasteiger partial charge in [0.2, 0.25) is 5.91 Å². The Labute approximate surface area is 173 Å². The summed E-state index contributed by atoms with van der Waals surface area (Å²) in [6.45, 7) is 0.194. The molecule has 0 unspecified atom stereocenters. The number of amides is 1. The highest BCUT2D eigenvalue weighted by atomic mass is 32.2. The molecule has 1 aliphatic heterocycles. The lowest BCUT2D eigenvalue weighted by molar-refractivity contribution is -0.119. The maximum absolute atomic E-state index is 12.9. The number of nitrogens with zero attached hydrogens (tertiary/aromatic N) is 1. The molecule has 0 atom stereocenters. The zero-order chi connectivity index (χ0) is 20.4. The maximum Gasteiger partial charge on any atom is 0.265 e. The number of sulfonamides is 1. The topological polar surface area (TPSA) is 66.5 Å². The molecule has 0 aliphatic carbocycles. The monoisotopic (exact) mass is 430 g/mol. The van der Waals surface area contributed by atoms with Crippen molar-refractivity contribution >= 4 is 44.2 Å². The molecule has 0 bridgehead atoms. The van der Waals surface area contributed by atoms with E-state index >= 15 is 0 Å². The number of rotatable bonds is 7. The Kier molecular flexibility index (Phi) is 5.47. The molecule has 29 heavy (non-hydrogen) atoms. The van der Waals surface area contributed by atoms with E-state index in [4.69, 9.17) is 0 Å². The van der Waals surface area contributed by atoms with Crippen molar-refractivity contribution in [2.24, 2.45) is 0 Å². The predicted octanol–water partition coefficient (Wildman–Crippen LogP) is 3.79. The number of carbonyl (C=O) groups excluding carboxylic acids is 1. The predicted molar refractivity (Wildman–Crippen MR) is 113 cm³/mol. The molecule has 0 saturated carbocycles. The number of nitrogens with one attached hydrogen (secondary N) is 1. The number of benzene rings is 3. The molecule has 1 N–H and O–H groups in total. The minimum Gasteiger partial charge on any atom is -0.354 e. The Morgan fingerprint density at radius 3 is 2.52 bits per heavy atom. The third-order valence-electron chi connectivity index (χ3n) is 4.69. The zero-order valence-corrected chi connectivity index (χ0v) is 17.1. The molecule has 0 aromatic heterocycles. The lowest BCUT2D eigenvalue weighted by atomic mass is 10.1. The summed E-state index contributed by atoms with van der Waals surface area (Å²) in [5.74, 6) is 0.153. The van der Waals surface area contributed by atoms with Crippen LogP contribution in [0.15, 0.2) is 70.5 Å². The normalized spacial score (nSPS) is 14.3. The Morgan fingerprint density at radius 2 is 1.76 bits per heavy atom. The van der Waals surface area contributed by atoms with Crippen LogP contribution in [-0.4, -0.2) is 33.2 Å². The fraction of sp³-hybridized carbons (Fsp3) is 0.190. The lowest BCUT2D eigenvalue weighted by Gasteiger charge is -2.18. The van der Waals surface area contributed by atoms with Crippen LogP contribution in [0.2, 0.25) is 0 Å². The smallest absolute Gasteiger partial charge is 0.265 e. The summed E-state index contributed by atoms with van der Waals surface area (Å²) in [6, 6.07) is 16.8. The second-order valence-electron chi connectivity index (χ2n) is 6.65. The van der Waals surface area contributed by atoms with E-state index in [1.54, 1.807) is 48.2 Å². The molecule has 0 radical (unpaired) electrons. The van der Waals surface area contributed by atoms with Crippen LogP contribution in [0.1, 0.15) is 6.42 Å². The second kappa shape index (κ2) is 8.04. The molecule has 0 fully saturated rings. The summed E-state index contributed by atoms with van der Waals surface area (Å²) in [5.41, 5.74) is 0.542. The summed E-state index contributed by atoms with van der Waals surface area (Å²) < 4.78 is 39.8. The number of thioether (sulfide) groups is 1. The average Bonchev–Trinajstić information content (AvgIpc) is 2.92. The molecule has 0 saturated heterocycles. The van der Waals surface area contributed by atoms with E-state index < -0.39 is 10.0 Å². The molecule has 0 spiro atoms. The van der Waals surface area contributed by atoms with Crippen molar-refractivity contribution in [3.05, 3.63) is 66.5 Å². The second-order valence-corrected chi connectivity index (χ2v) is 9.65. The van der Waals surface area contributed by atoms with Gasteiger partial charge in [0.05, 0.1) is 10.6 Å². The third-order valence-corrected chi connectivity index (χ3v) is 7.59. The highest BCUT2D eigenvalue weighted by Gasteiger charge is 2.36. The average molecular weight is 431 g/mol. The zero-order valence-electron chi connectivity index (χ0n) is 15.5. The van der Waals surface area contributed by atoms with E-state index in [2.05, 4.69) is 5.32 Å². The quantitative estimate of drug-likeness (QED) is 0.458. The first kappa shape index (κ1) is 19.7. The van der Waals surface area contributed by atoms with Crippen LogP contribution in [0.4, 0.5) is 10.1 Å². The van der Waals surface area contributed by atoms with E-state index in [1.165, 1.54) is 16.4 Å². The van der Waals surface area contributed by atoms with Crippen LogP contribution >= 0.6 is 11.8 Å². The van der Waals surface area contributed by atoms with E-state index in [1.807, 2.05) is 12.1 Å². The van der Waals surface area contributed by atoms with Crippen LogP contribution in [0.25, 0.3) is 10.8 Å². The Bertz CT molecular complexity index is 1160. The van der Waals surface area contributed by atoms with E-state index in [0.29, 0.717) is 17.6 Å². The molecular formula is C21H19FN2O3S2. The van der Waals surface area contributed by atoms with Crippen molar-refractivity contribution in [2.75, 3.05) is 23.1 Å². The number of halogens is 1. The molecule has 8 heteroatoms. The van der Waals surface area contributed by atoms with Crippen LogP contribution in [0.3, 0.4) is 0 Å². The van der Waals surface area contributed by atoms with E-state index in [-0.39, 0.29) is 23.2 Å². The largest absolute Gasteiger partial charge is 0.354 e. The van der Waals surface area contributed by atoms with Crippen molar-refractivity contribution < 1.29 is 17.6 Å². The Morgan fingerprint density at radius 1 is 1.03 bits per heavy atom. The van der Waals surface area contributed by atoms with Crippen molar-refractivity contribution in [3.8, 4) is 0 Å². The summed E-state index contributed by atoms with van der Waals surface area (Å²) in [4.78, 5) is 13.6. The molecule has 4 rings (SSSR count). The van der Waals surface area contributed by atoms with E-state index in [0.717, 1.165) is 22.5 Å². The van der Waals surface area contributed by atoms with Crippen LogP contribution in [0.5, 0.6) is 0 Å². The van der Waals surface area contributed by atoms with Crippen molar-refractivity contribution in [3.63, 3.8) is 0 Å². The van der Waals surface area contributed by atoms with Gasteiger partial charge in [-0.15, -0.1) is 11.8 Å². The van der Waals surface area contributed by atoms with Gasteiger partial charge in [0.1, 0.15) is 12.4 Å². The summed E-state index contributed by atoms with van der Waals surface area (Å²) >= 11 is 1.58. The first-order valence-electron chi connectivity index (χ1n) is 9.16. The number of hydrogen-bond acceptors (Lipinski definition) is 4. The summed E-state index contributed by atoms with van der Waals surface area (Å²) in [7, 11) is -3.73. The van der Waals surface area contributed by atoms with Gasteiger partial charge >= 0.3 is 0 Å². The molecule has 3 aromatic rings. The first-order chi connectivity index (χ1) is 14.0. The van der Waals surface area contributed by atoms with Gasteiger partial charge in [0.25, 0.3) is 10.0 Å². The van der Waals surface area contributed by atoms with Gasteiger partial charge in [-0.05, 0) is 54.0 Å². The van der Waals surface area contributed by atoms with Crippen molar-refractivity contribution in [1.29, 1.82) is 0 Å². The number of hydrogen-bond donors (Lipinski definition) is 1. The standard InChI is InChI=1S/C21H19FN2O3S2/c22-16-8-10-17(11-9-16)28-13-3-12-23-20(25)14-24-18-6-1-4-15-5-2-7-19(21(15)18)29(24,26)27/h1-2,4-11H,3,12-14H2,(H,23,25). The first-order valence-corrected chi connectivity index (χ1v) is 11.6. The summed E-state index contributed by atoms with van der Waals surface area (Å²) in [5, 5.41) is 4.29. The molecule has 1 heterocycles. The summed E-state index contributed by atoms with van der Waals surface area (Å²) in [6.07, 6.45) is 0.719. The Balaban J connectivity index is 1.33. The minimum atomic E-state index is -3.73.